The van der Waals surface area contributed by atoms with Gasteiger partial charge in [0.05, 0.1) is 5.02 Å². The van der Waals surface area contributed by atoms with E-state index in [1.165, 1.54) is 5.56 Å². The molecule has 2 aromatic rings. The molecular weight excluding hydrogens is 370 g/mol. The molecule has 0 spiro atoms. The van der Waals surface area contributed by atoms with Crippen molar-refractivity contribution in [3.63, 3.8) is 0 Å². The maximum atomic E-state index is 7.01. The van der Waals surface area contributed by atoms with Gasteiger partial charge in [-0.3, -0.25) is 0 Å². The Balaban J connectivity index is 2.61. The molecule has 0 atom stereocenters. The average molecular weight is 404 g/mol. The Morgan fingerprint density at radius 1 is 0.963 bits per heavy atom. The van der Waals surface area contributed by atoms with Crippen molar-refractivity contribution in [2.24, 2.45) is 0 Å². The van der Waals surface area contributed by atoms with Crippen LogP contribution in [0.2, 0.25) is 21.6 Å². The fraction of sp³-hybridized carbons (Fsp3) is 0.478. The van der Waals surface area contributed by atoms with Gasteiger partial charge in [0.2, 0.25) is 0 Å². The van der Waals surface area contributed by atoms with Crippen LogP contribution in [-0.4, -0.2) is 8.32 Å². The van der Waals surface area contributed by atoms with Crippen LogP contribution < -0.4 is 10.2 Å². The van der Waals surface area contributed by atoms with Gasteiger partial charge < -0.3 is 10.2 Å². The molecule has 0 bridgehead atoms. The minimum atomic E-state index is -2.11. The predicted octanol–water partition coefficient (Wildman–Crippen LogP) is 7.38. The van der Waals surface area contributed by atoms with E-state index in [4.69, 9.17) is 21.8 Å². The summed E-state index contributed by atoms with van der Waals surface area (Å²) >= 11 is 6.81. The van der Waals surface area contributed by atoms with Gasteiger partial charge in [-0.15, -0.1) is 0 Å². The molecule has 27 heavy (non-hydrogen) atoms. The summed E-state index contributed by atoms with van der Waals surface area (Å²) in [4.78, 5) is 0. The van der Waals surface area contributed by atoms with Gasteiger partial charge in [-0.2, -0.15) is 0 Å². The zero-order valence-electron chi connectivity index (χ0n) is 17.8. The van der Waals surface area contributed by atoms with E-state index in [9.17, 15) is 0 Å². The summed E-state index contributed by atoms with van der Waals surface area (Å²) in [5.41, 5.74) is 11.6. The largest absolute Gasteiger partial charge is 0.541 e. The Bertz CT molecular complexity index is 750. The molecule has 0 heterocycles. The summed E-state index contributed by atoms with van der Waals surface area (Å²) < 4.78 is 7.01. The Kier molecular flexibility index (Phi) is 7.04. The highest BCUT2D eigenvalue weighted by molar-refractivity contribution is 6.78. The Labute approximate surface area is 171 Å². The van der Waals surface area contributed by atoms with Crippen molar-refractivity contribution in [2.45, 2.75) is 71.5 Å². The average Bonchev–Trinajstić information content (AvgIpc) is 2.59. The summed E-state index contributed by atoms with van der Waals surface area (Å²) in [6.45, 7) is 15.7. The van der Waals surface area contributed by atoms with E-state index in [-0.39, 0.29) is 0 Å². The minimum absolute atomic E-state index is 0.482. The monoisotopic (exact) mass is 403 g/mol. The van der Waals surface area contributed by atoms with Crippen LogP contribution in [0.1, 0.15) is 58.2 Å². The fourth-order valence-corrected chi connectivity index (χ4v) is 10.0. The third-order valence-electron chi connectivity index (χ3n) is 5.81. The molecule has 2 N–H and O–H groups in total. The second-order valence-corrected chi connectivity index (χ2v) is 14.2. The van der Waals surface area contributed by atoms with Crippen molar-refractivity contribution in [3.05, 3.63) is 58.1 Å². The van der Waals surface area contributed by atoms with Gasteiger partial charge in [-0.25, -0.2) is 0 Å². The van der Waals surface area contributed by atoms with E-state index in [0.717, 1.165) is 29.0 Å². The quantitative estimate of drug-likeness (QED) is 0.386. The summed E-state index contributed by atoms with van der Waals surface area (Å²) in [5, 5.41) is 0.666. The number of hydrogen-bond donors (Lipinski definition) is 1. The lowest BCUT2D eigenvalue weighted by atomic mass is 10.0. The molecule has 2 rings (SSSR count). The molecule has 0 aliphatic heterocycles. The van der Waals surface area contributed by atoms with Crippen LogP contribution in [0.15, 0.2) is 36.4 Å². The van der Waals surface area contributed by atoms with Gasteiger partial charge in [0.25, 0.3) is 8.32 Å². The van der Waals surface area contributed by atoms with Crippen molar-refractivity contribution in [1.82, 2.24) is 0 Å². The highest BCUT2D eigenvalue weighted by Gasteiger charge is 2.47. The van der Waals surface area contributed by atoms with Crippen LogP contribution in [0.25, 0.3) is 0 Å². The lowest BCUT2D eigenvalue weighted by Gasteiger charge is -2.43. The standard InChI is InChI=1S/C23H34ClNOSi/c1-15(2)27(16(3)4,17(5)6)26-23-20(13-19-11-9-8-10-12-19)14-21(25)18(7)22(23)24/h8-12,14-17H,13,25H2,1-7H3. The maximum Gasteiger partial charge on any atom is 0.258 e. The highest BCUT2D eigenvalue weighted by Crippen LogP contribution is 2.46. The normalized spacial score (nSPS) is 12.3. The smallest absolute Gasteiger partial charge is 0.258 e. The third kappa shape index (κ3) is 4.35. The molecule has 2 nitrogen and oxygen atoms in total. The Hall–Kier alpha value is -1.45. The van der Waals surface area contributed by atoms with Crippen LogP contribution in [0, 0.1) is 6.92 Å². The molecule has 0 fully saturated rings. The first-order valence-corrected chi connectivity index (χ1v) is 12.4. The fourth-order valence-electron chi connectivity index (χ4n) is 4.39. The van der Waals surface area contributed by atoms with E-state index >= 15 is 0 Å². The molecule has 0 saturated carbocycles. The van der Waals surface area contributed by atoms with Crippen LogP contribution in [0.3, 0.4) is 0 Å². The SMILES string of the molecule is Cc1c(N)cc(Cc2ccccc2)c(O[Si](C(C)C)(C(C)C)C(C)C)c1Cl. The molecule has 148 valence electrons. The number of hydrogen-bond acceptors (Lipinski definition) is 2. The maximum absolute atomic E-state index is 7.01. The van der Waals surface area contributed by atoms with E-state index in [0.29, 0.717) is 21.6 Å². The van der Waals surface area contributed by atoms with Crippen molar-refractivity contribution in [1.29, 1.82) is 0 Å². The van der Waals surface area contributed by atoms with E-state index in [1.54, 1.807) is 0 Å². The second kappa shape index (κ2) is 8.70. The summed E-state index contributed by atoms with van der Waals surface area (Å²) in [7, 11) is -2.11. The predicted molar refractivity (Wildman–Crippen MR) is 122 cm³/mol. The van der Waals surface area contributed by atoms with Crippen LogP contribution in [0.4, 0.5) is 5.69 Å². The van der Waals surface area contributed by atoms with Crippen molar-refractivity contribution < 1.29 is 4.43 Å². The molecule has 0 saturated heterocycles. The van der Waals surface area contributed by atoms with Gasteiger partial charge in [0.15, 0.2) is 0 Å². The lowest BCUT2D eigenvalue weighted by Crippen LogP contribution is -2.51. The van der Waals surface area contributed by atoms with Gasteiger partial charge >= 0.3 is 0 Å². The van der Waals surface area contributed by atoms with Gasteiger partial charge in [-0.1, -0.05) is 83.5 Å². The summed E-state index contributed by atoms with van der Waals surface area (Å²) in [6, 6.07) is 12.5. The van der Waals surface area contributed by atoms with E-state index in [2.05, 4.69) is 65.8 Å². The van der Waals surface area contributed by atoms with Crippen LogP contribution in [-0.2, 0) is 6.42 Å². The Morgan fingerprint density at radius 3 is 1.96 bits per heavy atom. The van der Waals surface area contributed by atoms with Gasteiger partial charge in [0.1, 0.15) is 5.75 Å². The van der Waals surface area contributed by atoms with Crippen molar-refractivity contribution in [2.75, 3.05) is 5.73 Å². The van der Waals surface area contributed by atoms with Crippen LogP contribution >= 0.6 is 11.6 Å². The van der Waals surface area contributed by atoms with Crippen molar-refractivity contribution >= 4 is 25.6 Å². The Morgan fingerprint density at radius 2 is 1.48 bits per heavy atom. The summed E-state index contributed by atoms with van der Waals surface area (Å²) in [6.07, 6.45) is 0.763. The topological polar surface area (TPSA) is 35.2 Å². The number of benzene rings is 2. The molecule has 0 aromatic heterocycles. The zero-order valence-corrected chi connectivity index (χ0v) is 19.5. The van der Waals surface area contributed by atoms with E-state index < -0.39 is 8.32 Å². The first-order chi connectivity index (χ1) is 12.6. The molecule has 0 aliphatic carbocycles. The van der Waals surface area contributed by atoms with Gasteiger partial charge in [0, 0.05) is 17.7 Å². The number of halogens is 1. The zero-order chi connectivity index (χ0) is 20.4. The first kappa shape index (κ1) is 21.8. The minimum Gasteiger partial charge on any atom is -0.541 e. The first-order valence-electron chi connectivity index (χ1n) is 9.91. The molecule has 0 amide bonds. The molecule has 2 aromatic carbocycles. The second-order valence-electron chi connectivity index (χ2n) is 8.48. The summed E-state index contributed by atoms with van der Waals surface area (Å²) in [5.74, 6) is 0.843. The molecule has 0 radical (unpaired) electrons. The number of nitrogens with two attached hydrogens (primary N) is 1. The molecule has 0 unspecified atom stereocenters. The van der Waals surface area contributed by atoms with Crippen LogP contribution in [0.5, 0.6) is 5.75 Å². The highest BCUT2D eigenvalue weighted by atomic mass is 35.5. The third-order valence-corrected chi connectivity index (χ3v) is 12.2. The molecule has 4 heteroatoms. The number of anilines is 1. The van der Waals surface area contributed by atoms with E-state index in [1.807, 2.05) is 19.1 Å². The lowest BCUT2D eigenvalue weighted by molar-refractivity contribution is 0.475. The molecular formula is C23H34ClNOSi. The number of nitrogen functional groups attached to an aromatic ring is 1. The van der Waals surface area contributed by atoms with Gasteiger partial charge in [-0.05, 0) is 40.7 Å². The molecule has 0 aliphatic rings. The van der Waals surface area contributed by atoms with Crippen molar-refractivity contribution in [3.8, 4) is 5.75 Å². The number of rotatable bonds is 7.